The number of amides is 1. The van der Waals surface area contributed by atoms with E-state index in [1.807, 2.05) is 78.1 Å². The second-order valence-corrected chi connectivity index (χ2v) is 8.47. The summed E-state index contributed by atoms with van der Waals surface area (Å²) in [6.07, 6.45) is -4.48. The third-order valence-corrected chi connectivity index (χ3v) is 6.34. The van der Waals surface area contributed by atoms with Crippen molar-refractivity contribution < 1.29 is 32.5 Å². The number of hydrogen-bond donors (Lipinski definition) is 2. The number of hydrogen-bond acceptors (Lipinski definition) is 4. The Morgan fingerprint density at radius 1 is 0.889 bits per heavy atom. The van der Waals surface area contributed by atoms with Crippen LogP contribution in [0.3, 0.4) is 0 Å². The fourth-order valence-electron chi connectivity index (χ4n) is 4.67. The standard InChI is InChI=1S/C28H30F3NO4/c1-35-24-15-9-14-23(25(24)36-2)27(21-10-5-3-6-11-21,22-12-7-4-8-13-22)18-20(19-33)16-17-32-26(34)28(29,30)31/h3-15,20,33H,16-19H2,1-2H3,(H,32,34). The molecule has 0 aliphatic rings. The second kappa shape index (κ2) is 11.9. The van der Waals surface area contributed by atoms with Gasteiger partial charge < -0.3 is 19.9 Å². The van der Waals surface area contributed by atoms with Gasteiger partial charge in [-0.2, -0.15) is 13.2 Å². The highest BCUT2D eigenvalue weighted by molar-refractivity contribution is 5.81. The van der Waals surface area contributed by atoms with Crippen molar-refractivity contribution >= 4 is 5.91 Å². The Kier molecular flexibility index (Phi) is 8.98. The lowest BCUT2D eigenvalue weighted by atomic mass is 9.64. The van der Waals surface area contributed by atoms with Crippen LogP contribution in [0, 0.1) is 5.92 Å². The molecular weight excluding hydrogens is 471 g/mol. The molecule has 192 valence electrons. The topological polar surface area (TPSA) is 67.8 Å². The molecule has 8 heteroatoms. The normalized spacial score (nSPS) is 12.6. The predicted octanol–water partition coefficient (Wildman–Crippen LogP) is 5.11. The smallest absolute Gasteiger partial charge is 0.471 e. The summed E-state index contributed by atoms with van der Waals surface area (Å²) < 4.78 is 49.4. The van der Waals surface area contributed by atoms with Crippen molar-refractivity contribution in [3.8, 4) is 11.5 Å². The quantitative estimate of drug-likeness (QED) is 0.359. The van der Waals surface area contributed by atoms with E-state index in [9.17, 15) is 23.1 Å². The van der Waals surface area contributed by atoms with Gasteiger partial charge in [0.15, 0.2) is 11.5 Å². The van der Waals surface area contributed by atoms with Gasteiger partial charge in [0.1, 0.15) is 0 Å². The Bertz CT molecular complexity index is 1080. The van der Waals surface area contributed by atoms with Crippen LogP contribution in [0.25, 0.3) is 0 Å². The van der Waals surface area contributed by atoms with E-state index in [1.165, 1.54) is 0 Å². The number of para-hydroxylation sites is 1. The highest BCUT2D eigenvalue weighted by Gasteiger charge is 2.42. The molecular formula is C28H30F3NO4. The van der Waals surface area contributed by atoms with Crippen molar-refractivity contribution in [3.63, 3.8) is 0 Å². The molecule has 3 rings (SSSR count). The van der Waals surface area contributed by atoms with Gasteiger partial charge in [0, 0.05) is 24.1 Å². The molecule has 3 aromatic carbocycles. The molecule has 0 aliphatic carbocycles. The lowest BCUT2D eigenvalue weighted by molar-refractivity contribution is -0.173. The van der Waals surface area contributed by atoms with Crippen molar-refractivity contribution in [1.29, 1.82) is 0 Å². The zero-order chi connectivity index (χ0) is 26.2. The van der Waals surface area contributed by atoms with Gasteiger partial charge in [-0.25, -0.2) is 0 Å². The average molecular weight is 502 g/mol. The van der Waals surface area contributed by atoms with Crippen LogP contribution >= 0.6 is 0 Å². The highest BCUT2D eigenvalue weighted by atomic mass is 19.4. The average Bonchev–Trinajstić information content (AvgIpc) is 2.90. The summed E-state index contributed by atoms with van der Waals surface area (Å²) in [4.78, 5) is 11.3. The number of alkyl halides is 3. The molecule has 36 heavy (non-hydrogen) atoms. The third kappa shape index (κ3) is 5.82. The zero-order valence-corrected chi connectivity index (χ0v) is 20.2. The minimum absolute atomic E-state index is 0.145. The monoisotopic (exact) mass is 501 g/mol. The van der Waals surface area contributed by atoms with Crippen molar-refractivity contribution in [2.24, 2.45) is 5.92 Å². The third-order valence-electron chi connectivity index (χ3n) is 6.34. The minimum Gasteiger partial charge on any atom is -0.493 e. The van der Waals surface area contributed by atoms with Crippen molar-refractivity contribution in [3.05, 3.63) is 95.6 Å². The first-order valence-corrected chi connectivity index (χ1v) is 11.6. The number of aliphatic hydroxyl groups is 1. The minimum atomic E-state index is -4.96. The maximum atomic E-state index is 12.7. The molecule has 0 fully saturated rings. The molecule has 0 aromatic heterocycles. The van der Waals surface area contributed by atoms with Crippen molar-refractivity contribution in [2.75, 3.05) is 27.4 Å². The molecule has 1 unspecified atom stereocenters. The van der Waals surface area contributed by atoms with E-state index in [0.29, 0.717) is 17.9 Å². The Labute approximate surface area is 208 Å². The number of nitrogens with one attached hydrogen (secondary N) is 1. The summed E-state index contributed by atoms with van der Waals surface area (Å²) in [5.74, 6) is -1.39. The molecule has 0 saturated heterocycles. The Hall–Kier alpha value is -3.52. The van der Waals surface area contributed by atoms with Crippen LogP contribution in [0.15, 0.2) is 78.9 Å². The summed E-state index contributed by atoms with van der Waals surface area (Å²) in [5, 5.41) is 12.2. The van der Waals surface area contributed by atoms with Crippen LogP contribution < -0.4 is 14.8 Å². The van der Waals surface area contributed by atoms with Crippen LogP contribution in [0.5, 0.6) is 11.5 Å². The van der Waals surface area contributed by atoms with E-state index in [2.05, 4.69) is 0 Å². The van der Waals surface area contributed by atoms with Gasteiger partial charge in [-0.05, 0) is 36.0 Å². The van der Waals surface area contributed by atoms with Gasteiger partial charge >= 0.3 is 12.1 Å². The lowest BCUT2D eigenvalue weighted by Crippen LogP contribution is -2.39. The van der Waals surface area contributed by atoms with Gasteiger partial charge in [-0.3, -0.25) is 4.79 Å². The van der Waals surface area contributed by atoms with Gasteiger partial charge in [0.25, 0.3) is 0 Å². The molecule has 1 amide bonds. The summed E-state index contributed by atoms with van der Waals surface area (Å²) in [6.45, 7) is -0.506. The van der Waals surface area contributed by atoms with Crippen LogP contribution in [0.2, 0.25) is 0 Å². The molecule has 2 N–H and O–H groups in total. The Balaban J connectivity index is 2.15. The fraction of sp³-hybridized carbons (Fsp3) is 0.321. The maximum Gasteiger partial charge on any atom is 0.471 e. The molecule has 0 bridgehead atoms. The molecule has 0 saturated carbocycles. The SMILES string of the molecule is COc1cccc(C(CC(CO)CCNC(=O)C(F)(F)F)(c2ccccc2)c2ccccc2)c1OC. The predicted molar refractivity (Wildman–Crippen MR) is 131 cm³/mol. The van der Waals surface area contributed by atoms with Crippen LogP contribution in [0.4, 0.5) is 13.2 Å². The number of rotatable bonds is 11. The molecule has 1 atom stereocenters. The van der Waals surface area contributed by atoms with Gasteiger partial charge in [-0.1, -0.05) is 72.8 Å². The molecule has 5 nitrogen and oxygen atoms in total. The molecule has 0 radical (unpaired) electrons. The zero-order valence-electron chi connectivity index (χ0n) is 20.2. The number of benzene rings is 3. The van der Waals surface area contributed by atoms with Crippen molar-refractivity contribution in [2.45, 2.75) is 24.4 Å². The van der Waals surface area contributed by atoms with Gasteiger partial charge in [-0.15, -0.1) is 0 Å². The first-order valence-electron chi connectivity index (χ1n) is 11.6. The van der Waals surface area contributed by atoms with E-state index < -0.39 is 23.4 Å². The van der Waals surface area contributed by atoms with E-state index in [0.717, 1.165) is 16.7 Å². The van der Waals surface area contributed by atoms with Crippen LogP contribution in [0.1, 0.15) is 29.5 Å². The number of ether oxygens (including phenoxy) is 2. The Morgan fingerprint density at radius 3 is 1.94 bits per heavy atom. The lowest BCUT2D eigenvalue weighted by Gasteiger charge is -2.39. The summed E-state index contributed by atoms with van der Waals surface area (Å²) in [6, 6.07) is 24.9. The number of aliphatic hydroxyl groups excluding tert-OH is 1. The largest absolute Gasteiger partial charge is 0.493 e. The molecule has 3 aromatic rings. The van der Waals surface area contributed by atoms with Crippen LogP contribution in [-0.2, 0) is 10.2 Å². The summed E-state index contributed by atoms with van der Waals surface area (Å²) in [7, 11) is 3.10. The van der Waals surface area contributed by atoms with Crippen molar-refractivity contribution in [1.82, 2.24) is 5.32 Å². The number of halogens is 3. The Morgan fingerprint density at radius 2 is 1.47 bits per heavy atom. The van der Waals surface area contributed by atoms with E-state index >= 15 is 0 Å². The summed E-state index contributed by atoms with van der Waals surface area (Å²) in [5.41, 5.74) is 1.78. The molecule has 0 aliphatic heterocycles. The van der Waals surface area contributed by atoms with E-state index in [4.69, 9.17) is 9.47 Å². The summed E-state index contributed by atoms with van der Waals surface area (Å²) >= 11 is 0. The van der Waals surface area contributed by atoms with E-state index in [-0.39, 0.29) is 19.6 Å². The highest BCUT2D eigenvalue weighted by Crippen LogP contribution is 2.50. The number of methoxy groups -OCH3 is 2. The molecule has 0 spiro atoms. The van der Waals surface area contributed by atoms with Gasteiger partial charge in [0.2, 0.25) is 0 Å². The van der Waals surface area contributed by atoms with Crippen LogP contribution in [-0.4, -0.2) is 44.6 Å². The second-order valence-electron chi connectivity index (χ2n) is 8.47. The molecule has 0 heterocycles. The van der Waals surface area contributed by atoms with E-state index in [1.54, 1.807) is 20.3 Å². The number of carbonyl (C=O) groups is 1. The first-order chi connectivity index (χ1) is 17.3. The number of carbonyl (C=O) groups excluding carboxylic acids is 1. The first kappa shape index (κ1) is 27.1. The van der Waals surface area contributed by atoms with Gasteiger partial charge in [0.05, 0.1) is 14.2 Å². The fourth-order valence-corrected chi connectivity index (χ4v) is 4.67. The maximum absolute atomic E-state index is 12.7.